The van der Waals surface area contributed by atoms with Crippen LogP contribution in [0.15, 0.2) is 42.7 Å². The molecule has 0 amide bonds. The van der Waals surface area contributed by atoms with Crippen LogP contribution < -0.4 is 0 Å². The van der Waals surface area contributed by atoms with Crippen molar-refractivity contribution in [1.29, 1.82) is 5.26 Å². The molecular weight excluding hydrogens is 212 g/mol. The van der Waals surface area contributed by atoms with Crippen molar-refractivity contribution in [2.45, 2.75) is 0 Å². The van der Waals surface area contributed by atoms with Gasteiger partial charge in [-0.2, -0.15) is 5.26 Å². The highest BCUT2D eigenvalue weighted by molar-refractivity contribution is 5.72. The topological polar surface area (TPSA) is 56.9 Å². The van der Waals surface area contributed by atoms with Crippen LogP contribution in [-0.2, 0) is 0 Å². The molecule has 1 heterocycles. The molecule has 0 radical (unpaired) electrons. The first-order valence-corrected chi connectivity index (χ1v) is 5.11. The highest BCUT2D eigenvalue weighted by atomic mass is 16.3. The molecule has 3 nitrogen and oxygen atoms in total. The van der Waals surface area contributed by atoms with Crippen molar-refractivity contribution in [1.82, 2.24) is 4.98 Å². The van der Waals surface area contributed by atoms with E-state index in [-0.39, 0.29) is 5.75 Å². The standard InChI is InChI=1S/C14H10N2O/c15-9-13-10-16-8-7-12(13)4-1-11-2-5-14(17)6-3-11/h1-8,10,17H. The quantitative estimate of drug-likeness (QED) is 0.850. The molecule has 0 aliphatic rings. The molecule has 0 unspecified atom stereocenters. The summed E-state index contributed by atoms with van der Waals surface area (Å²) in [7, 11) is 0. The van der Waals surface area contributed by atoms with Gasteiger partial charge >= 0.3 is 0 Å². The second-order valence-corrected chi connectivity index (χ2v) is 3.50. The molecule has 1 aromatic carbocycles. The van der Waals surface area contributed by atoms with E-state index in [1.54, 1.807) is 36.5 Å². The van der Waals surface area contributed by atoms with E-state index >= 15 is 0 Å². The lowest BCUT2D eigenvalue weighted by molar-refractivity contribution is 0.475. The van der Waals surface area contributed by atoms with Gasteiger partial charge in [0.25, 0.3) is 0 Å². The van der Waals surface area contributed by atoms with Crippen molar-refractivity contribution in [2.75, 3.05) is 0 Å². The second-order valence-electron chi connectivity index (χ2n) is 3.50. The Morgan fingerprint density at radius 1 is 1.12 bits per heavy atom. The van der Waals surface area contributed by atoms with Crippen molar-refractivity contribution in [2.24, 2.45) is 0 Å². The van der Waals surface area contributed by atoms with Gasteiger partial charge in [0.1, 0.15) is 11.8 Å². The molecule has 0 fully saturated rings. The Bertz CT molecular complexity index is 580. The monoisotopic (exact) mass is 222 g/mol. The number of phenols is 1. The van der Waals surface area contributed by atoms with Crippen LogP contribution in [0.1, 0.15) is 16.7 Å². The lowest BCUT2D eigenvalue weighted by Gasteiger charge is -1.97. The lowest BCUT2D eigenvalue weighted by Crippen LogP contribution is -1.82. The van der Waals surface area contributed by atoms with Crippen LogP contribution in [0.3, 0.4) is 0 Å². The van der Waals surface area contributed by atoms with Gasteiger partial charge in [-0.3, -0.25) is 4.98 Å². The first-order chi connectivity index (χ1) is 8.29. The molecule has 0 saturated heterocycles. The minimum atomic E-state index is 0.240. The molecule has 0 saturated carbocycles. The second kappa shape index (κ2) is 4.95. The van der Waals surface area contributed by atoms with Crippen molar-refractivity contribution in [3.63, 3.8) is 0 Å². The summed E-state index contributed by atoms with van der Waals surface area (Å²) < 4.78 is 0. The van der Waals surface area contributed by atoms with Crippen molar-refractivity contribution in [3.8, 4) is 11.8 Å². The fraction of sp³-hybridized carbons (Fsp3) is 0. The third kappa shape index (κ3) is 2.70. The molecule has 0 spiro atoms. The van der Waals surface area contributed by atoms with E-state index in [1.807, 2.05) is 12.2 Å². The van der Waals surface area contributed by atoms with Gasteiger partial charge in [-0.25, -0.2) is 0 Å². The zero-order valence-corrected chi connectivity index (χ0v) is 9.04. The molecule has 3 heteroatoms. The Kier molecular flexibility index (Phi) is 3.18. The highest BCUT2D eigenvalue weighted by Gasteiger charge is 1.96. The van der Waals surface area contributed by atoms with Crippen molar-refractivity contribution >= 4 is 12.2 Å². The summed E-state index contributed by atoms with van der Waals surface area (Å²) in [5, 5.41) is 18.0. The van der Waals surface area contributed by atoms with Gasteiger partial charge in [-0.15, -0.1) is 0 Å². The molecular formula is C14H10N2O. The van der Waals surface area contributed by atoms with Gasteiger partial charge in [-0.05, 0) is 29.3 Å². The summed E-state index contributed by atoms with van der Waals surface area (Å²) in [5.74, 6) is 0.240. The zero-order chi connectivity index (χ0) is 12.1. The molecule has 1 N–H and O–H groups in total. The van der Waals surface area contributed by atoms with Gasteiger partial charge in [0.15, 0.2) is 0 Å². The van der Waals surface area contributed by atoms with Crippen molar-refractivity contribution in [3.05, 3.63) is 59.4 Å². The Morgan fingerprint density at radius 3 is 2.59 bits per heavy atom. The van der Waals surface area contributed by atoms with E-state index < -0.39 is 0 Å². The van der Waals surface area contributed by atoms with Crippen LogP contribution in [0, 0.1) is 11.3 Å². The normalized spacial score (nSPS) is 10.3. The molecule has 0 atom stereocenters. The van der Waals surface area contributed by atoms with Gasteiger partial charge in [0, 0.05) is 12.4 Å². The van der Waals surface area contributed by atoms with Crippen LogP contribution in [-0.4, -0.2) is 10.1 Å². The number of nitrogens with zero attached hydrogens (tertiary/aromatic N) is 2. The van der Waals surface area contributed by atoms with Gasteiger partial charge in [0.05, 0.1) is 5.56 Å². The summed E-state index contributed by atoms with van der Waals surface area (Å²) in [5.41, 5.74) is 2.33. The fourth-order valence-corrected chi connectivity index (χ4v) is 1.42. The maximum absolute atomic E-state index is 9.15. The largest absolute Gasteiger partial charge is 0.508 e. The number of hydrogen-bond acceptors (Lipinski definition) is 3. The maximum Gasteiger partial charge on any atom is 0.115 e. The molecule has 0 aliphatic heterocycles. The number of rotatable bonds is 2. The van der Waals surface area contributed by atoms with Crippen LogP contribution in [0.2, 0.25) is 0 Å². The molecule has 0 aliphatic carbocycles. The first kappa shape index (κ1) is 10.9. The van der Waals surface area contributed by atoms with Crippen LogP contribution in [0.5, 0.6) is 5.75 Å². The van der Waals surface area contributed by atoms with E-state index in [9.17, 15) is 0 Å². The fourth-order valence-electron chi connectivity index (χ4n) is 1.42. The van der Waals surface area contributed by atoms with E-state index in [0.717, 1.165) is 11.1 Å². The third-order valence-corrected chi connectivity index (χ3v) is 2.32. The molecule has 82 valence electrons. The molecule has 2 rings (SSSR count). The van der Waals surface area contributed by atoms with E-state index in [0.29, 0.717) is 5.56 Å². The van der Waals surface area contributed by atoms with Gasteiger partial charge in [-0.1, -0.05) is 24.3 Å². The third-order valence-electron chi connectivity index (χ3n) is 2.32. The smallest absolute Gasteiger partial charge is 0.115 e. The Balaban J connectivity index is 2.26. The van der Waals surface area contributed by atoms with Crippen LogP contribution in [0.25, 0.3) is 12.2 Å². The molecule has 1 aromatic heterocycles. The number of hydrogen-bond donors (Lipinski definition) is 1. The van der Waals surface area contributed by atoms with Crippen molar-refractivity contribution < 1.29 is 5.11 Å². The Labute approximate surface area is 99.3 Å². The van der Waals surface area contributed by atoms with Crippen LogP contribution in [0.4, 0.5) is 0 Å². The molecule has 2 aromatic rings. The molecule has 17 heavy (non-hydrogen) atoms. The Morgan fingerprint density at radius 2 is 1.88 bits per heavy atom. The van der Waals surface area contributed by atoms with Gasteiger partial charge in [0.2, 0.25) is 0 Å². The summed E-state index contributed by atoms with van der Waals surface area (Å²) in [6, 6.07) is 10.7. The maximum atomic E-state index is 9.15. The van der Waals surface area contributed by atoms with E-state index in [2.05, 4.69) is 11.1 Å². The number of benzene rings is 1. The minimum Gasteiger partial charge on any atom is -0.508 e. The average molecular weight is 222 g/mol. The van der Waals surface area contributed by atoms with E-state index in [4.69, 9.17) is 10.4 Å². The predicted octanol–water partition coefficient (Wildman–Crippen LogP) is 2.83. The van der Waals surface area contributed by atoms with E-state index in [1.165, 1.54) is 6.20 Å². The average Bonchev–Trinajstić information content (AvgIpc) is 2.38. The van der Waals surface area contributed by atoms with Crippen LogP contribution >= 0.6 is 0 Å². The number of pyridine rings is 1. The Hall–Kier alpha value is -2.60. The highest BCUT2D eigenvalue weighted by Crippen LogP contribution is 2.14. The number of nitriles is 1. The first-order valence-electron chi connectivity index (χ1n) is 5.11. The SMILES string of the molecule is N#Cc1cnccc1C=Cc1ccc(O)cc1. The lowest BCUT2D eigenvalue weighted by atomic mass is 10.1. The zero-order valence-electron chi connectivity index (χ0n) is 9.04. The summed E-state index contributed by atoms with van der Waals surface area (Å²) in [6.07, 6.45) is 6.93. The molecule has 0 bridgehead atoms. The summed E-state index contributed by atoms with van der Waals surface area (Å²) in [4.78, 5) is 3.89. The summed E-state index contributed by atoms with van der Waals surface area (Å²) >= 11 is 0. The minimum absolute atomic E-state index is 0.240. The number of phenolic OH excluding ortho intramolecular Hbond substituents is 1. The predicted molar refractivity (Wildman–Crippen MR) is 66.0 cm³/mol. The number of aromatic hydroxyl groups is 1. The van der Waals surface area contributed by atoms with Gasteiger partial charge < -0.3 is 5.11 Å². The number of aromatic nitrogens is 1. The summed E-state index contributed by atoms with van der Waals surface area (Å²) in [6.45, 7) is 0.